The van der Waals surface area contributed by atoms with Gasteiger partial charge in [0.05, 0.1) is 11.3 Å². The first-order valence-electron chi connectivity index (χ1n) is 10.1. The molecule has 2 aliphatic rings. The van der Waals surface area contributed by atoms with Crippen LogP contribution in [0, 0.1) is 0 Å². The SMILES string of the molecule is CCCNC(=O)N1CCN(CCN2C(=O)CSC2c2ccc(C(F)(F)F)cc2)CC1. The molecule has 2 heterocycles. The maximum Gasteiger partial charge on any atom is 0.416 e. The van der Waals surface area contributed by atoms with Crippen LogP contribution >= 0.6 is 11.8 Å². The standard InChI is InChI=1S/C20H27F3N4O2S/c1-2-7-24-19(29)26-11-8-25(9-12-26)10-13-27-17(28)14-30-18(27)15-3-5-16(6-4-15)20(21,22)23/h3-6,18H,2,7-14H2,1H3,(H,24,29). The number of amides is 3. The van der Waals surface area contributed by atoms with Crippen molar-refractivity contribution in [2.24, 2.45) is 0 Å². The van der Waals surface area contributed by atoms with Crippen LogP contribution in [0.25, 0.3) is 0 Å². The zero-order valence-corrected chi connectivity index (χ0v) is 17.8. The molecule has 2 saturated heterocycles. The maximum absolute atomic E-state index is 12.8. The average Bonchev–Trinajstić information content (AvgIpc) is 3.10. The summed E-state index contributed by atoms with van der Waals surface area (Å²) in [5.41, 5.74) is 0.0178. The van der Waals surface area contributed by atoms with E-state index >= 15 is 0 Å². The first kappa shape index (κ1) is 22.7. The molecule has 2 aliphatic heterocycles. The monoisotopic (exact) mass is 444 g/mol. The highest BCUT2D eigenvalue weighted by Crippen LogP contribution is 2.39. The summed E-state index contributed by atoms with van der Waals surface area (Å²) < 4.78 is 38.4. The van der Waals surface area contributed by atoms with Gasteiger partial charge in [-0.05, 0) is 24.1 Å². The lowest BCUT2D eigenvalue weighted by Gasteiger charge is -2.36. The van der Waals surface area contributed by atoms with E-state index in [9.17, 15) is 22.8 Å². The van der Waals surface area contributed by atoms with Gasteiger partial charge < -0.3 is 15.1 Å². The van der Waals surface area contributed by atoms with Crippen LogP contribution in [0.2, 0.25) is 0 Å². The number of alkyl halides is 3. The summed E-state index contributed by atoms with van der Waals surface area (Å²) in [4.78, 5) is 30.1. The molecule has 3 rings (SSSR count). The van der Waals surface area contributed by atoms with Crippen molar-refractivity contribution >= 4 is 23.7 Å². The number of nitrogens with zero attached hydrogens (tertiary/aromatic N) is 3. The third-order valence-electron chi connectivity index (χ3n) is 5.33. The fraction of sp³-hybridized carbons (Fsp3) is 0.600. The van der Waals surface area contributed by atoms with Gasteiger partial charge in [-0.1, -0.05) is 19.1 Å². The van der Waals surface area contributed by atoms with Crippen LogP contribution in [0.15, 0.2) is 24.3 Å². The van der Waals surface area contributed by atoms with Crippen LogP contribution in [0.4, 0.5) is 18.0 Å². The Morgan fingerprint density at radius 1 is 1.13 bits per heavy atom. The number of nitrogens with one attached hydrogen (secondary N) is 1. The fourth-order valence-electron chi connectivity index (χ4n) is 3.58. The molecule has 0 spiro atoms. The van der Waals surface area contributed by atoms with Gasteiger partial charge in [-0.3, -0.25) is 9.69 Å². The van der Waals surface area contributed by atoms with Crippen molar-refractivity contribution in [1.29, 1.82) is 0 Å². The normalized spacial score (nSPS) is 20.7. The highest BCUT2D eigenvalue weighted by Gasteiger charge is 2.35. The number of piperazine rings is 1. The van der Waals surface area contributed by atoms with E-state index in [1.807, 2.05) is 6.92 Å². The second-order valence-corrected chi connectivity index (χ2v) is 8.50. The van der Waals surface area contributed by atoms with Crippen LogP contribution in [0.5, 0.6) is 0 Å². The molecular formula is C20H27F3N4O2S. The Labute approximate surface area is 178 Å². The number of hydrogen-bond acceptors (Lipinski definition) is 4. The predicted molar refractivity (Wildman–Crippen MR) is 110 cm³/mol. The first-order valence-corrected chi connectivity index (χ1v) is 11.2. The van der Waals surface area contributed by atoms with Crippen molar-refractivity contribution in [3.63, 3.8) is 0 Å². The number of thioether (sulfide) groups is 1. The van der Waals surface area contributed by atoms with Crippen molar-refractivity contribution in [1.82, 2.24) is 20.0 Å². The van der Waals surface area contributed by atoms with Crippen molar-refractivity contribution in [2.75, 3.05) is 51.6 Å². The number of benzene rings is 1. The molecule has 1 N–H and O–H groups in total. The minimum absolute atomic E-state index is 0.00229. The molecule has 30 heavy (non-hydrogen) atoms. The lowest BCUT2D eigenvalue weighted by molar-refractivity contribution is -0.137. The summed E-state index contributed by atoms with van der Waals surface area (Å²) >= 11 is 1.44. The van der Waals surface area contributed by atoms with E-state index < -0.39 is 11.7 Å². The van der Waals surface area contributed by atoms with Crippen LogP contribution in [-0.2, 0) is 11.0 Å². The number of carbonyl (C=O) groups is 2. The van der Waals surface area contributed by atoms with Gasteiger partial charge in [-0.15, -0.1) is 11.8 Å². The van der Waals surface area contributed by atoms with Crippen LogP contribution < -0.4 is 5.32 Å². The zero-order valence-electron chi connectivity index (χ0n) is 17.0. The summed E-state index contributed by atoms with van der Waals surface area (Å²) in [5.74, 6) is 0.333. The molecule has 6 nitrogen and oxygen atoms in total. The summed E-state index contributed by atoms with van der Waals surface area (Å²) in [5, 5.41) is 2.62. The third kappa shape index (κ3) is 5.60. The molecule has 0 aliphatic carbocycles. The second-order valence-electron chi connectivity index (χ2n) is 7.43. The van der Waals surface area contributed by atoms with Crippen molar-refractivity contribution in [3.05, 3.63) is 35.4 Å². The minimum atomic E-state index is -4.37. The molecule has 0 bridgehead atoms. The predicted octanol–water partition coefficient (Wildman–Crippen LogP) is 3.02. The molecule has 0 radical (unpaired) electrons. The molecule has 166 valence electrons. The van der Waals surface area contributed by atoms with E-state index in [0.29, 0.717) is 44.0 Å². The summed E-state index contributed by atoms with van der Waals surface area (Å²) in [7, 11) is 0. The Morgan fingerprint density at radius 3 is 2.40 bits per heavy atom. The van der Waals surface area contributed by atoms with Crippen molar-refractivity contribution in [2.45, 2.75) is 24.9 Å². The Hall–Kier alpha value is -1.94. The average molecular weight is 445 g/mol. The van der Waals surface area contributed by atoms with Gasteiger partial charge in [0.1, 0.15) is 5.37 Å². The number of carbonyl (C=O) groups excluding carboxylic acids is 2. The van der Waals surface area contributed by atoms with E-state index in [1.54, 1.807) is 9.80 Å². The van der Waals surface area contributed by atoms with E-state index in [-0.39, 0.29) is 17.3 Å². The molecular weight excluding hydrogens is 417 g/mol. The first-order chi connectivity index (χ1) is 14.3. The van der Waals surface area contributed by atoms with Gasteiger partial charge in [0.15, 0.2) is 0 Å². The van der Waals surface area contributed by atoms with Crippen molar-refractivity contribution < 1.29 is 22.8 Å². The highest BCUT2D eigenvalue weighted by atomic mass is 32.2. The van der Waals surface area contributed by atoms with Crippen LogP contribution in [-0.4, -0.2) is 78.2 Å². The van der Waals surface area contributed by atoms with E-state index in [2.05, 4.69) is 10.2 Å². The Morgan fingerprint density at radius 2 is 1.80 bits per heavy atom. The number of halogens is 3. The lowest BCUT2D eigenvalue weighted by Crippen LogP contribution is -2.53. The minimum Gasteiger partial charge on any atom is -0.338 e. The highest BCUT2D eigenvalue weighted by molar-refractivity contribution is 8.00. The van der Waals surface area contributed by atoms with Gasteiger partial charge in [0.2, 0.25) is 5.91 Å². The second kappa shape index (κ2) is 9.91. The molecule has 2 fully saturated rings. The van der Waals surface area contributed by atoms with E-state index in [1.165, 1.54) is 23.9 Å². The largest absolute Gasteiger partial charge is 0.416 e. The van der Waals surface area contributed by atoms with E-state index in [0.717, 1.165) is 31.6 Å². The molecule has 1 atom stereocenters. The van der Waals surface area contributed by atoms with E-state index in [4.69, 9.17) is 0 Å². The van der Waals surface area contributed by atoms with Gasteiger partial charge >= 0.3 is 12.2 Å². The zero-order chi connectivity index (χ0) is 21.7. The maximum atomic E-state index is 12.8. The number of hydrogen-bond donors (Lipinski definition) is 1. The molecule has 0 saturated carbocycles. The third-order valence-corrected chi connectivity index (χ3v) is 6.59. The molecule has 1 aromatic rings. The molecule has 0 aromatic heterocycles. The Balaban J connectivity index is 1.52. The molecule has 10 heteroatoms. The summed E-state index contributed by atoms with van der Waals surface area (Å²) in [6.45, 7) is 6.61. The fourth-order valence-corrected chi connectivity index (χ4v) is 4.79. The number of urea groups is 1. The quantitative estimate of drug-likeness (QED) is 0.733. The molecule has 1 unspecified atom stereocenters. The van der Waals surface area contributed by atoms with Crippen molar-refractivity contribution in [3.8, 4) is 0 Å². The van der Waals surface area contributed by atoms with Gasteiger partial charge in [-0.25, -0.2) is 4.79 Å². The number of rotatable bonds is 6. The Kier molecular flexibility index (Phi) is 7.51. The summed E-state index contributed by atoms with van der Waals surface area (Å²) in [6, 6.07) is 5.02. The van der Waals surface area contributed by atoms with Crippen LogP contribution in [0.1, 0.15) is 29.8 Å². The van der Waals surface area contributed by atoms with Gasteiger partial charge in [-0.2, -0.15) is 13.2 Å². The molecule has 3 amide bonds. The summed E-state index contributed by atoms with van der Waals surface area (Å²) in [6.07, 6.45) is -3.47. The van der Waals surface area contributed by atoms with Crippen LogP contribution in [0.3, 0.4) is 0 Å². The topological polar surface area (TPSA) is 55.9 Å². The smallest absolute Gasteiger partial charge is 0.338 e. The van der Waals surface area contributed by atoms with Gasteiger partial charge in [0, 0.05) is 45.8 Å². The molecule has 1 aromatic carbocycles. The van der Waals surface area contributed by atoms with Gasteiger partial charge in [0.25, 0.3) is 0 Å². The Bertz CT molecular complexity index is 737. The lowest BCUT2D eigenvalue weighted by atomic mass is 10.1.